The van der Waals surface area contributed by atoms with Crippen molar-refractivity contribution in [2.24, 2.45) is 5.92 Å². The third-order valence-electron chi connectivity index (χ3n) is 6.66. The number of ether oxygens (including phenoxy) is 2. The number of carbonyl (C=O) groups excluding carboxylic acids is 1. The van der Waals surface area contributed by atoms with Gasteiger partial charge in [0, 0.05) is 25.6 Å². The van der Waals surface area contributed by atoms with Gasteiger partial charge in [0.15, 0.2) is 22.2 Å². The van der Waals surface area contributed by atoms with Crippen LogP contribution in [0.5, 0.6) is 11.5 Å². The molecule has 5 rings (SSSR count). The summed E-state index contributed by atoms with van der Waals surface area (Å²) in [4.78, 5) is 12.8. The van der Waals surface area contributed by atoms with Crippen LogP contribution in [-0.2, 0) is 21.4 Å². The molecule has 1 amide bonds. The predicted octanol–water partition coefficient (Wildman–Crippen LogP) is 3.91. The Kier molecular flexibility index (Phi) is 7.03. The molecule has 1 fully saturated rings. The number of benzene rings is 2. The number of rotatable bonds is 7. The van der Waals surface area contributed by atoms with Crippen molar-refractivity contribution in [2.45, 2.75) is 38.1 Å². The average Bonchev–Trinajstić information content (AvgIpc) is 3.53. The fourth-order valence-electron chi connectivity index (χ4n) is 4.52. The number of fused-ring (bicyclic) bond motifs is 1. The van der Waals surface area contributed by atoms with Gasteiger partial charge in [-0.25, -0.2) is 8.42 Å². The number of nitrogens with zero attached hydrogens (tertiary/aromatic N) is 2. The molecular weight excluding hydrogens is 494 g/mol. The summed E-state index contributed by atoms with van der Waals surface area (Å²) in [7, 11) is -3.83. The molecule has 2 aliphatic heterocycles. The molecule has 10 heteroatoms. The summed E-state index contributed by atoms with van der Waals surface area (Å²) in [6.07, 6.45) is 4.30. The highest BCUT2D eigenvalue weighted by Crippen LogP contribution is 2.33. The van der Waals surface area contributed by atoms with Gasteiger partial charge in [0.2, 0.25) is 22.7 Å². The number of amides is 1. The van der Waals surface area contributed by atoms with Gasteiger partial charge in [0.1, 0.15) is 5.69 Å². The van der Waals surface area contributed by atoms with Crippen LogP contribution in [0.15, 0.2) is 51.9 Å². The topological polar surface area (TPSA) is 111 Å². The van der Waals surface area contributed by atoms with Gasteiger partial charge in [-0.3, -0.25) is 4.79 Å². The number of aromatic nitrogens is 1. The summed E-state index contributed by atoms with van der Waals surface area (Å²) < 4.78 is 44.5. The van der Waals surface area contributed by atoms with E-state index in [1.807, 2.05) is 49.4 Å². The lowest BCUT2D eigenvalue weighted by molar-refractivity contribution is -0.126. The van der Waals surface area contributed by atoms with Gasteiger partial charge < -0.3 is 19.3 Å². The predicted molar refractivity (Wildman–Crippen MR) is 137 cm³/mol. The Morgan fingerprint density at radius 1 is 1.05 bits per heavy atom. The molecule has 1 saturated heterocycles. The Labute approximate surface area is 216 Å². The van der Waals surface area contributed by atoms with Gasteiger partial charge in [-0.15, -0.1) is 0 Å². The summed E-state index contributed by atoms with van der Waals surface area (Å²) in [6.45, 7) is 4.68. The standard InChI is InChI=1S/C27H29N3O6S/c1-18-3-5-20(6-4-18)7-10-24-26(19(2)29-36-24)37(32,33)30-13-11-22(12-14-30)27(31)28-16-21-8-9-23-25(15-21)35-17-34-23/h3-10,15,22H,11-14,16-17H2,1-2H3,(H,28,31). The lowest BCUT2D eigenvalue weighted by atomic mass is 9.97. The summed E-state index contributed by atoms with van der Waals surface area (Å²) in [6, 6.07) is 13.4. The number of carbonyl (C=O) groups is 1. The Hall–Kier alpha value is -3.63. The van der Waals surface area contributed by atoms with Crippen molar-refractivity contribution in [1.82, 2.24) is 14.8 Å². The first-order valence-corrected chi connectivity index (χ1v) is 13.6. The van der Waals surface area contributed by atoms with E-state index in [0.29, 0.717) is 36.6 Å². The number of piperidine rings is 1. The maximum atomic E-state index is 13.5. The van der Waals surface area contributed by atoms with E-state index in [1.54, 1.807) is 19.1 Å². The van der Waals surface area contributed by atoms with Crippen LogP contribution >= 0.6 is 0 Å². The molecule has 9 nitrogen and oxygen atoms in total. The first-order valence-electron chi connectivity index (χ1n) is 12.2. The lowest BCUT2D eigenvalue weighted by Gasteiger charge is -2.30. The molecule has 1 N–H and O–H groups in total. The summed E-state index contributed by atoms with van der Waals surface area (Å²) >= 11 is 0. The Bertz CT molecular complexity index is 1420. The van der Waals surface area contributed by atoms with Gasteiger partial charge in [0.05, 0.1) is 0 Å². The Balaban J connectivity index is 1.20. The van der Waals surface area contributed by atoms with Gasteiger partial charge >= 0.3 is 0 Å². The molecule has 1 aromatic heterocycles. The highest BCUT2D eigenvalue weighted by molar-refractivity contribution is 7.89. The quantitative estimate of drug-likeness (QED) is 0.500. The maximum Gasteiger partial charge on any atom is 0.248 e. The van der Waals surface area contributed by atoms with Crippen LogP contribution in [0.2, 0.25) is 0 Å². The lowest BCUT2D eigenvalue weighted by Crippen LogP contribution is -2.43. The molecular formula is C27H29N3O6S. The summed E-state index contributed by atoms with van der Waals surface area (Å²) in [5.74, 6) is 1.21. The van der Waals surface area contributed by atoms with Crippen LogP contribution in [0.25, 0.3) is 12.2 Å². The Morgan fingerprint density at radius 3 is 2.54 bits per heavy atom. The van der Waals surface area contributed by atoms with Gasteiger partial charge in [-0.2, -0.15) is 4.31 Å². The third kappa shape index (κ3) is 5.40. The van der Waals surface area contributed by atoms with Crippen LogP contribution in [0.3, 0.4) is 0 Å². The normalized spacial score (nSPS) is 16.4. The largest absolute Gasteiger partial charge is 0.454 e. The molecule has 2 aliphatic rings. The van der Waals surface area contributed by atoms with E-state index in [0.717, 1.165) is 16.7 Å². The van der Waals surface area contributed by atoms with E-state index in [1.165, 1.54) is 4.31 Å². The fourth-order valence-corrected chi connectivity index (χ4v) is 6.24. The third-order valence-corrected chi connectivity index (χ3v) is 8.72. The number of hydrogen-bond acceptors (Lipinski definition) is 7. The van der Waals surface area contributed by atoms with Crippen LogP contribution in [0, 0.1) is 19.8 Å². The van der Waals surface area contributed by atoms with Crippen molar-refractivity contribution in [2.75, 3.05) is 19.9 Å². The van der Waals surface area contributed by atoms with Gasteiger partial charge in [-0.05, 0) is 56.0 Å². The number of sulfonamides is 1. The smallest absolute Gasteiger partial charge is 0.248 e. The van der Waals surface area contributed by atoms with E-state index in [4.69, 9.17) is 14.0 Å². The second-order valence-electron chi connectivity index (χ2n) is 9.29. The van der Waals surface area contributed by atoms with Crippen LogP contribution in [0.1, 0.15) is 41.0 Å². The molecule has 0 saturated carbocycles. The van der Waals surface area contributed by atoms with Crippen molar-refractivity contribution < 1.29 is 27.2 Å². The highest BCUT2D eigenvalue weighted by atomic mass is 32.2. The number of hydrogen-bond donors (Lipinski definition) is 1. The van der Waals surface area contributed by atoms with Gasteiger partial charge in [0.25, 0.3) is 0 Å². The van der Waals surface area contributed by atoms with Crippen molar-refractivity contribution in [3.8, 4) is 11.5 Å². The molecule has 0 spiro atoms. The molecule has 0 radical (unpaired) electrons. The summed E-state index contributed by atoms with van der Waals surface area (Å²) in [5.41, 5.74) is 3.29. The molecule has 3 heterocycles. The minimum Gasteiger partial charge on any atom is -0.454 e. The Morgan fingerprint density at radius 2 is 1.78 bits per heavy atom. The monoisotopic (exact) mass is 523 g/mol. The average molecular weight is 524 g/mol. The first-order chi connectivity index (χ1) is 17.8. The fraction of sp³-hybridized carbons (Fsp3) is 0.333. The zero-order valence-corrected chi connectivity index (χ0v) is 21.6. The van der Waals surface area contributed by atoms with E-state index < -0.39 is 10.0 Å². The molecule has 194 valence electrons. The zero-order valence-electron chi connectivity index (χ0n) is 20.8. The van der Waals surface area contributed by atoms with Gasteiger partial charge in [-0.1, -0.05) is 47.1 Å². The van der Waals surface area contributed by atoms with E-state index in [2.05, 4.69) is 10.5 Å². The van der Waals surface area contributed by atoms with E-state index >= 15 is 0 Å². The number of nitrogens with one attached hydrogen (secondary N) is 1. The summed E-state index contributed by atoms with van der Waals surface area (Å²) in [5, 5.41) is 6.87. The van der Waals surface area contributed by atoms with E-state index in [9.17, 15) is 13.2 Å². The van der Waals surface area contributed by atoms with Crippen molar-refractivity contribution in [3.05, 3.63) is 70.6 Å². The minimum atomic E-state index is -3.83. The minimum absolute atomic E-state index is 0.0709. The van der Waals surface area contributed by atoms with E-state index in [-0.39, 0.29) is 42.4 Å². The number of aryl methyl sites for hydroxylation is 2. The highest BCUT2D eigenvalue weighted by Gasteiger charge is 2.35. The molecule has 0 unspecified atom stereocenters. The maximum absolute atomic E-state index is 13.5. The van der Waals surface area contributed by atoms with Crippen LogP contribution < -0.4 is 14.8 Å². The molecule has 0 aliphatic carbocycles. The van der Waals surface area contributed by atoms with Crippen molar-refractivity contribution in [3.63, 3.8) is 0 Å². The van der Waals surface area contributed by atoms with Crippen LogP contribution in [-0.4, -0.2) is 43.7 Å². The second-order valence-corrected chi connectivity index (χ2v) is 11.2. The van der Waals surface area contributed by atoms with Crippen molar-refractivity contribution in [1.29, 1.82) is 0 Å². The SMILES string of the molecule is Cc1ccc(C=Cc2onc(C)c2S(=O)(=O)N2CCC(C(=O)NCc3ccc4c(c3)OCO4)CC2)cc1. The zero-order chi connectivity index (χ0) is 26.0. The molecule has 2 aromatic carbocycles. The molecule has 0 atom stereocenters. The molecule has 0 bridgehead atoms. The molecule has 3 aromatic rings. The van der Waals surface area contributed by atoms with Crippen molar-refractivity contribution >= 4 is 28.1 Å². The second kappa shape index (κ2) is 10.4. The van der Waals surface area contributed by atoms with Crippen LogP contribution in [0.4, 0.5) is 0 Å². The first kappa shape index (κ1) is 25.0. The molecule has 37 heavy (non-hydrogen) atoms.